The van der Waals surface area contributed by atoms with Crippen LogP contribution in [-0.4, -0.2) is 39.3 Å². The minimum atomic E-state index is -0.000253. The van der Waals surface area contributed by atoms with Gasteiger partial charge in [0.2, 0.25) is 11.8 Å². The van der Waals surface area contributed by atoms with Crippen molar-refractivity contribution >= 4 is 11.7 Å². The number of aryl methyl sites for hydroxylation is 2. The maximum atomic E-state index is 12.5. The fourth-order valence-corrected chi connectivity index (χ4v) is 4.29. The Balaban J connectivity index is 1.33. The summed E-state index contributed by atoms with van der Waals surface area (Å²) >= 11 is 0. The summed E-state index contributed by atoms with van der Waals surface area (Å²) in [4.78, 5) is 31.3. The van der Waals surface area contributed by atoms with Gasteiger partial charge in [-0.25, -0.2) is 0 Å². The third kappa shape index (κ3) is 4.16. The molecule has 1 atom stereocenters. The van der Waals surface area contributed by atoms with Crippen LogP contribution in [0.3, 0.4) is 0 Å². The van der Waals surface area contributed by atoms with Gasteiger partial charge in [0, 0.05) is 43.3 Å². The number of rotatable bonds is 6. The number of nitrogens with zero attached hydrogens (tertiary/aromatic N) is 3. The largest absolute Gasteiger partial charge is 0.339 e. The summed E-state index contributed by atoms with van der Waals surface area (Å²) in [7, 11) is 0. The van der Waals surface area contributed by atoms with Crippen LogP contribution in [0.5, 0.6) is 0 Å². The predicted octanol–water partition coefficient (Wildman–Crippen LogP) is 3.84. The van der Waals surface area contributed by atoms with Gasteiger partial charge in [-0.3, -0.25) is 9.59 Å². The molecule has 2 fully saturated rings. The third-order valence-electron chi connectivity index (χ3n) is 5.96. The lowest BCUT2D eigenvalue weighted by molar-refractivity contribution is -0.130. The lowest BCUT2D eigenvalue weighted by atomic mass is 9.94. The lowest BCUT2D eigenvalue weighted by Gasteiger charge is -2.31. The van der Waals surface area contributed by atoms with E-state index in [-0.39, 0.29) is 17.6 Å². The highest BCUT2D eigenvalue weighted by molar-refractivity contribution is 5.96. The first kappa shape index (κ1) is 18.8. The van der Waals surface area contributed by atoms with Crippen LogP contribution in [-0.2, 0) is 11.2 Å². The van der Waals surface area contributed by atoms with E-state index in [0.29, 0.717) is 49.1 Å². The fraction of sp³-hybridized carbons (Fsp3) is 0.545. The molecule has 6 nitrogen and oxygen atoms in total. The lowest BCUT2D eigenvalue weighted by Crippen LogP contribution is -2.37. The molecule has 0 spiro atoms. The zero-order valence-electron chi connectivity index (χ0n) is 16.4. The molecule has 148 valence electrons. The molecule has 1 amide bonds. The van der Waals surface area contributed by atoms with Gasteiger partial charge >= 0.3 is 0 Å². The average Bonchev–Trinajstić information content (AvgIpc) is 3.34. The van der Waals surface area contributed by atoms with Gasteiger partial charge in [-0.1, -0.05) is 54.2 Å². The van der Waals surface area contributed by atoms with Gasteiger partial charge < -0.3 is 9.42 Å². The summed E-state index contributed by atoms with van der Waals surface area (Å²) in [5.74, 6) is 1.35. The van der Waals surface area contributed by atoms with Gasteiger partial charge in [0.05, 0.1) is 0 Å². The molecule has 0 radical (unpaired) electrons. The van der Waals surface area contributed by atoms with Crippen molar-refractivity contribution in [3.8, 4) is 0 Å². The maximum absolute atomic E-state index is 12.5. The van der Waals surface area contributed by atoms with Crippen LogP contribution in [0.2, 0.25) is 0 Å². The monoisotopic (exact) mass is 381 g/mol. The zero-order valence-corrected chi connectivity index (χ0v) is 16.4. The Morgan fingerprint density at radius 1 is 1.18 bits per heavy atom. The second kappa shape index (κ2) is 8.25. The molecule has 2 aliphatic rings. The minimum Gasteiger partial charge on any atom is -0.339 e. The van der Waals surface area contributed by atoms with Crippen LogP contribution in [0.25, 0.3) is 0 Å². The van der Waals surface area contributed by atoms with Gasteiger partial charge in [-0.2, -0.15) is 4.98 Å². The summed E-state index contributed by atoms with van der Waals surface area (Å²) < 4.78 is 5.36. The second-order valence-corrected chi connectivity index (χ2v) is 8.07. The molecule has 4 rings (SSSR count). The Bertz CT molecular complexity index is 837. The van der Waals surface area contributed by atoms with Crippen molar-refractivity contribution in [1.82, 2.24) is 15.0 Å². The smallest absolute Gasteiger partial charge is 0.227 e. The summed E-state index contributed by atoms with van der Waals surface area (Å²) in [5.41, 5.74) is 1.83. The highest BCUT2D eigenvalue weighted by atomic mass is 16.5. The quantitative estimate of drug-likeness (QED) is 0.711. The second-order valence-electron chi connectivity index (χ2n) is 8.07. The van der Waals surface area contributed by atoms with Crippen molar-refractivity contribution in [3.05, 3.63) is 47.1 Å². The van der Waals surface area contributed by atoms with Gasteiger partial charge in [0.1, 0.15) is 0 Å². The van der Waals surface area contributed by atoms with Crippen LogP contribution < -0.4 is 0 Å². The zero-order chi connectivity index (χ0) is 19.5. The number of amides is 1. The maximum Gasteiger partial charge on any atom is 0.227 e. The number of carbonyl (C=O) groups is 2. The number of hydrogen-bond acceptors (Lipinski definition) is 5. The molecule has 1 saturated heterocycles. The standard InChI is InChI=1S/C22H27N3O3/c1-15-7-9-16(10-8-15)19(26)11-12-20-23-22(24-28-20)17-13-21(27)25(14-17)18-5-3-2-4-6-18/h7-10,17-18H,2-6,11-14H2,1H3/t17-/m1/s1. The van der Waals surface area contributed by atoms with E-state index in [0.717, 1.165) is 18.4 Å². The molecule has 6 heteroatoms. The number of likely N-dealkylation sites (tertiary alicyclic amines) is 1. The highest BCUT2D eigenvalue weighted by Crippen LogP contribution is 2.32. The molecular weight excluding hydrogens is 354 g/mol. The van der Waals surface area contributed by atoms with E-state index in [1.54, 1.807) is 0 Å². The van der Waals surface area contributed by atoms with E-state index in [1.165, 1.54) is 19.3 Å². The number of hydrogen-bond donors (Lipinski definition) is 0. The van der Waals surface area contributed by atoms with Crippen LogP contribution in [0.1, 0.15) is 78.5 Å². The summed E-state index contributed by atoms with van der Waals surface area (Å²) in [6.45, 7) is 2.68. The molecule has 1 saturated carbocycles. The van der Waals surface area contributed by atoms with Crippen molar-refractivity contribution in [2.75, 3.05) is 6.54 Å². The Kier molecular flexibility index (Phi) is 5.55. The molecule has 0 bridgehead atoms. The van der Waals surface area contributed by atoms with Gasteiger partial charge in [-0.05, 0) is 19.8 Å². The number of benzene rings is 1. The molecule has 0 N–H and O–H groups in total. The normalized spacial score (nSPS) is 20.7. The minimum absolute atomic E-state index is 0.000253. The third-order valence-corrected chi connectivity index (χ3v) is 5.96. The van der Waals surface area contributed by atoms with E-state index < -0.39 is 0 Å². The van der Waals surface area contributed by atoms with E-state index in [2.05, 4.69) is 10.1 Å². The van der Waals surface area contributed by atoms with Gasteiger partial charge in [0.15, 0.2) is 11.6 Å². The molecule has 2 aromatic rings. The summed E-state index contributed by atoms with van der Waals surface area (Å²) in [6.07, 6.45) is 7.12. The summed E-state index contributed by atoms with van der Waals surface area (Å²) in [6, 6.07) is 7.95. The predicted molar refractivity (Wildman–Crippen MR) is 104 cm³/mol. The first-order chi connectivity index (χ1) is 13.6. The van der Waals surface area contributed by atoms with E-state index in [1.807, 2.05) is 36.1 Å². The fourth-order valence-electron chi connectivity index (χ4n) is 4.29. The first-order valence-electron chi connectivity index (χ1n) is 10.3. The highest BCUT2D eigenvalue weighted by Gasteiger charge is 2.37. The Morgan fingerprint density at radius 3 is 2.68 bits per heavy atom. The molecule has 1 aliphatic heterocycles. The van der Waals surface area contributed by atoms with Crippen LogP contribution in [0.4, 0.5) is 0 Å². The molecule has 1 aromatic heterocycles. The van der Waals surface area contributed by atoms with Crippen molar-refractivity contribution in [1.29, 1.82) is 0 Å². The molecule has 0 unspecified atom stereocenters. The van der Waals surface area contributed by atoms with E-state index >= 15 is 0 Å². The summed E-state index contributed by atoms with van der Waals surface area (Å²) in [5, 5.41) is 4.10. The number of Topliss-reactive ketones (excluding diaryl/α,β-unsaturated/α-hetero) is 1. The van der Waals surface area contributed by atoms with Crippen LogP contribution >= 0.6 is 0 Å². The Labute approximate surface area is 165 Å². The van der Waals surface area contributed by atoms with Crippen LogP contribution in [0.15, 0.2) is 28.8 Å². The topological polar surface area (TPSA) is 76.3 Å². The first-order valence-corrected chi connectivity index (χ1v) is 10.3. The van der Waals surface area contributed by atoms with Crippen molar-refractivity contribution in [2.45, 2.75) is 70.3 Å². The molecular formula is C22H27N3O3. The molecule has 2 heterocycles. The van der Waals surface area contributed by atoms with E-state index in [9.17, 15) is 9.59 Å². The average molecular weight is 381 g/mol. The number of ketones is 1. The van der Waals surface area contributed by atoms with Crippen molar-refractivity contribution in [2.24, 2.45) is 0 Å². The molecule has 1 aromatic carbocycles. The molecule has 1 aliphatic carbocycles. The van der Waals surface area contributed by atoms with Crippen molar-refractivity contribution in [3.63, 3.8) is 0 Å². The SMILES string of the molecule is Cc1ccc(C(=O)CCc2nc([C@@H]3CC(=O)N(C4CCCCC4)C3)no2)cc1. The van der Waals surface area contributed by atoms with E-state index in [4.69, 9.17) is 4.52 Å². The Hall–Kier alpha value is -2.50. The van der Waals surface area contributed by atoms with Gasteiger partial charge in [-0.15, -0.1) is 0 Å². The van der Waals surface area contributed by atoms with Gasteiger partial charge in [0.25, 0.3) is 0 Å². The number of aromatic nitrogens is 2. The van der Waals surface area contributed by atoms with Crippen LogP contribution in [0, 0.1) is 6.92 Å². The number of carbonyl (C=O) groups excluding carboxylic acids is 2. The molecule has 28 heavy (non-hydrogen) atoms. The Morgan fingerprint density at radius 2 is 1.93 bits per heavy atom. The van der Waals surface area contributed by atoms with Crippen molar-refractivity contribution < 1.29 is 14.1 Å².